The Labute approximate surface area is 219 Å². The van der Waals surface area contributed by atoms with Crippen molar-refractivity contribution in [1.29, 1.82) is 0 Å². The van der Waals surface area contributed by atoms with E-state index in [1.807, 2.05) is 80.6 Å². The van der Waals surface area contributed by atoms with Gasteiger partial charge in [0.1, 0.15) is 9.75 Å². The highest BCUT2D eigenvalue weighted by atomic mass is 35.5. The van der Waals surface area contributed by atoms with Gasteiger partial charge in [-0.05, 0) is 47.2 Å². The van der Waals surface area contributed by atoms with E-state index < -0.39 is 21.6 Å². The second-order valence-corrected chi connectivity index (χ2v) is 11.1. The van der Waals surface area contributed by atoms with Crippen molar-refractivity contribution in [2.45, 2.75) is 30.0 Å². The molecule has 0 radical (unpaired) electrons. The lowest BCUT2D eigenvalue weighted by atomic mass is 9.54. The van der Waals surface area contributed by atoms with Crippen LogP contribution in [0.25, 0.3) is 0 Å². The zero-order chi connectivity index (χ0) is 25.4. The molecule has 36 heavy (non-hydrogen) atoms. The van der Waals surface area contributed by atoms with Crippen LogP contribution >= 0.6 is 23.2 Å². The Morgan fingerprint density at radius 1 is 0.778 bits per heavy atom. The first kappa shape index (κ1) is 23.3. The minimum atomic E-state index is -1.21. The van der Waals surface area contributed by atoms with E-state index in [4.69, 9.17) is 23.2 Å². The number of nitrogens with zero attached hydrogens (tertiary/aromatic N) is 1. The van der Waals surface area contributed by atoms with Gasteiger partial charge < -0.3 is 5.32 Å². The topological polar surface area (TPSA) is 66.5 Å². The van der Waals surface area contributed by atoms with Gasteiger partial charge in [0.15, 0.2) is 0 Å². The zero-order valence-electron chi connectivity index (χ0n) is 19.8. The van der Waals surface area contributed by atoms with Crippen molar-refractivity contribution in [2.75, 3.05) is 11.9 Å². The number of amides is 3. The second-order valence-electron chi connectivity index (χ2n) is 9.86. The average molecular weight is 519 g/mol. The van der Waals surface area contributed by atoms with Crippen molar-refractivity contribution in [2.24, 2.45) is 11.8 Å². The monoisotopic (exact) mass is 518 g/mol. The predicted molar refractivity (Wildman–Crippen MR) is 139 cm³/mol. The molecule has 4 aliphatic rings. The molecule has 0 aromatic heterocycles. The largest absolute Gasteiger partial charge is 0.326 e. The normalized spacial score (nSPS) is 27.5. The summed E-state index contributed by atoms with van der Waals surface area (Å²) in [5, 5.41) is 2.93. The Bertz CT molecular complexity index is 1320. The molecule has 5 nitrogen and oxygen atoms in total. The van der Waals surface area contributed by atoms with Crippen molar-refractivity contribution >= 4 is 46.6 Å². The highest BCUT2D eigenvalue weighted by Crippen LogP contribution is 2.69. The van der Waals surface area contributed by atoms with Crippen LogP contribution in [0.5, 0.6) is 0 Å². The van der Waals surface area contributed by atoms with Crippen molar-refractivity contribution in [3.05, 3.63) is 100 Å². The molecular weight excluding hydrogens is 495 g/mol. The van der Waals surface area contributed by atoms with Gasteiger partial charge in [0.2, 0.25) is 17.7 Å². The van der Waals surface area contributed by atoms with Gasteiger partial charge in [-0.15, -0.1) is 23.2 Å². The quantitative estimate of drug-likeness (QED) is 0.380. The molecule has 1 N–H and O–H groups in total. The van der Waals surface area contributed by atoms with E-state index in [9.17, 15) is 14.4 Å². The Hall–Kier alpha value is -3.15. The van der Waals surface area contributed by atoms with E-state index in [1.54, 1.807) is 0 Å². The molecule has 3 aromatic carbocycles. The highest BCUT2D eigenvalue weighted by Gasteiger charge is 2.72. The number of nitrogens with one attached hydrogen (secondary N) is 1. The number of halogens is 2. The number of para-hydroxylation sites is 1. The minimum absolute atomic E-state index is 0.0187. The summed E-state index contributed by atoms with van der Waals surface area (Å²) in [4.78, 5) is 39.2. The third kappa shape index (κ3) is 2.87. The van der Waals surface area contributed by atoms with Crippen LogP contribution in [0.4, 0.5) is 5.69 Å². The standard InChI is InChI=1S/C29H24Cl2N2O3/c1-16-8-7-9-17(2)25(16)32-22(34)14-15-33-26(35)23-24(27(33)36)29(31)19-11-4-3-10-18(19)28(23,30)20-12-5-6-13-21(20)29/h3-13,23-24H,14-15H2,1-2H3,(H,32,34)/t23-,24-,28?,29?/m1/s1. The van der Waals surface area contributed by atoms with Crippen LogP contribution in [0, 0.1) is 25.7 Å². The van der Waals surface area contributed by atoms with Crippen molar-refractivity contribution < 1.29 is 14.4 Å². The average Bonchev–Trinajstić information content (AvgIpc) is 3.14. The fourth-order valence-corrected chi connectivity index (χ4v) is 7.47. The van der Waals surface area contributed by atoms with Crippen LogP contribution in [0.15, 0.2) is 66.7 Å². The first-order valence-corrected chi connectivity index (χ1v) is 12.8. The summed E-state index contributed by atoms with van der Waals surface area (Å²) >= 11 is 14.8. The van der Waals surface area contributed by atoms with Gasteiger partial charge in [-0.2, -0.15) is 0 Å². The summed E-state index contributed by atoms with van der Waals surface area (Å²) in [6.07, 6.45) is -0.0187. The number of aryl methyl sites for hydroxylation is 2. The third-order valence-electron chi connectivity index (χ3n) is 7.98. The fourth-order valence-electron chi connectivity index (χ4n) is 6.37. The predicted octanol–water partition coefficient (Wildman–Crippen LogP) is 5.23. The Kier molecular flexibility index (Phi) is 5.12. The minimum Gasteiger partial charge on any atom is -0.326 e. The molecule has 1 aliphatic heterocycles. The number of hydrogen-bond donors (Lipinski definition) is 1. The Morgan fingerprint density at radius 3 is 1.61 bits per heavy atom. The van der Waals surface area contributed by atoms with Crippen molar-refractivity contribution in [3.63, 3.8) is 0 Å². The number of anilines is 1. The first-order chi connectivity index (χ1) is 17.2. The molecule has 0 spiro atoms. The summed E-state index contributed by atoms with van der Waals surface area (Å²) < 4.78 is 0. The van der Waals surface area contributed by atoms with E-state index in [2.05, 4.69) is 5.32 Å². The lowest BCUT2D eigenvalue weighted by molar-refractivity contribution is -0.140. The van der Waals surface area contributed by atoms with E-state index >= 15 is 0 Å². The Morgan fingerprint density at radius 2 is 1.19 bits per heavy atom. The maximum Gasteiger partial charge on any atom is 0.235 e. The molecule has 2 atom stereocenters. The van der Waals surface area contributed by atoms with Gasteiger partial charge in [-0.3, -0.25) is 19.3 Å². The van der Waals surface area contributed by atoms with E-state index in [0.29, 0.717) is 0 Å². The molecule has 3 aliphatic carbocycles. The van der Waals surface area contributed by atoms with Gasteiger partial charge in [0.05, 0.1) is 11.8 Å². The lowest BCUT2D eigenvalue weighted by Gasteiger charge is -2.54. The second kappa shape index (κ2) is 7.92. The smallest absolute Gasteiger partial charge is 0.235 e. The molecule has 1 heterocycles. The molecule has 3 amide bonds. The number of carbonyl (C=O) groups is 3. The number of likely N-dealkylation sites (tertiary alicyclic amines) is 1. The van der Waals surface area contributed by atoms with E-state index in [0.717, 1.165) is 39.1 Å². The molecule has 2 bridgehead atoms. The van der Waals surface area contributed by atoms with Crippen molar-refractivity contribution in [3.8, 4) is 0 Å². The molecule has 1 fully saturated rings. The summed E-state index contributed by atoms with van der Waals surface area (Å²) in [5.41, 5.74) is 5.69. The number of rotatable bonds is 4. The summed E-state index contributed by atoms with van der Waals surface area (Å²) in [6.45, 7) is 3.81. The highest BCUT2D eigenvalue weighted by molar-refractivity contribution is 6.36. The molecule has 1 saturated heterocycles. The number of alkyl halides is 2. The fraction of sp³-hybridized carbons (Fsp3) is 0.276. The molecule has 7 rings (SSSR count). The van der Waals surface area contributed by atoms with Gasteiger partial charge in [0.25, 0.3) is 0 Å². The number of carbonyl (C=O) groups excluding carboxylic acids is 3. The number of imide groups is 1. The van der Waals surface area contributed by atoms with Gasteiger partial charge in [-0.25, -0.2) is 0 Å². The lowest BCUT2D eigenvalue weighted by Crippen LogP contribution is -2.57. The SMILES string of the molecule is Cc1cccc(C)c1NC(=O)CCN1C(=O)[C@H]2[C@H](C1=O)C1(Cl)c3ccccc3C2(Cl)c2ccccc21. The molecular formula is C29H24Cl2N2O3. The summed E-state index contributed by atoms with van der Waals surface area (Å²) in [6, 6.07) is 20.8. The molecule has 3 aromatic rings. The maximum atomic E-state index is 13.8. The molecule has 7 heteroatoms. The summed E-state index contributed by atoms with van der Waals surface area (Å²) in [5.74, 6) is -2.73. The van der Waals surface area contributed by atoms with E-state index in [1.165, 1.54) is 4.90 Å². The van der Waals surface area contributed by atoms with Crippen LogP contribution in [0.1, 0.15) is 39.8 Å². The number of hydrogen-bond acceptors (Lipinski definition) is 3. The Balaban J connectivity index is 1.35. The van der Waals surface area contributed by atoms with E-state index in [-0.39, 0.29) is 30.7 Å². The van der Waals surface area contributed by atoms with Crippen LogP contribution in [0.3, 0.4) is 0 Å². The molecule has 182 valence electrons. The molecule has 0 unspecified atom stereocenters. The molecule has 0 saturated carbocycles. The van der Waals surface area contributed by atoms with Crippen LogP contribution in [-0.4, -0.2) is 29.2 Å². The van der Waals surface area contributed by atoms with Crippen molar-refractivity contribution in [1.82, 2.24) is 4.90 Å². The van der Waals surface area contributed by atoms with Crippen LogP contribution in [-0.2, 0) is 24.1 Å². The zero-order valence-corrected chi connectivity index (χ0v) is 21.4. The van der Waals surface area contributed by atoms with Crippen LogP contribution in [0.2, 0.25) is 0 Å². The first-order valence-electron chi connectivity index (χ1n) is 12.0. The third-order valence-corrected chi connectivity index (χ3v) is 9.27. The van der Waals surface area contributed by atoms with Gasteiger partial charge in [0, 0.05) is 18.7 Å². The number of benzene rings is 3. The summed E-state index contributed by atoms with van der Waals surface area (Å²) in [7, 11) is 0. The van der Waals surface area contributed by atoms with Gasteiger partial charge >= 0.3 is 0 Å². The maximum absolute atomic E-state index is 13.8. The van der Waals surface area contributed by atoms with Crippen LogP contribution < -0.4 is 5.32 Å². The van der Waals surface area contributed by atoms with Gasteiger partial charge in [-0.1, -0.05) is 66.7 Å².